The smallest absolute Gasteiger partial charge is 0.258 e. The van der Waals surface area contributed by atoms with Crippen LogP contribution in [0.25, 0.3) is 0 Å². The molecule has 0 spiro atoms. The average Bonchev–Trinajstić information content (AvgIpc) is 2.45. The number of halogens is 1. The Balaban J connectivity index is 2.22. The van der Waals surface area contributed by atoms with Gasteiger partial charge in [0.05, 0.1) is 18.3 Å². The van der Waals surface area contributed by atoms with Crippen molar-refractivity contribution < 1.29 is 14.0 Å². The molecule has 0 aromatic carbocycles. The van der Waals surface area contributed by atoms with Crippen molar-refractivity contribution in [1.82, 2.24) is 15.2 Å². The molecule has 2 heterocycles. The fraction of sp³-hybridized carbons (Fsp3) is 0.462. The zero-order valence-corrected chi connectivity index (χ0v) is 11.3. The molecule has 2 rings (SSSR count). The van der Waals surface area contributed by atoms with Crippen LogP contribution in [0.3, 0.4) is 0 Å². The molecule has 0 saturated carbocycles. The van der Waals surface area contributed by atoms with Crippen molar-refractivity contribution in [1.29, 1.82) is 0 Å². The molecular weight excluding hydrogens is 263 g/mol. The summed E-state index contributed by atoms with van der Waals surface area (Å²) in [6.07, 6.45) is 1.93. The summed E-state index contributed by atoms with van der Waals surface area (Å²) in [4.78, 5) is 29.0. The molecule has 108 valence electrons. The lowest BCUT2D eigenvalue weighted by Crippen LogP contribution is -2.50. The average molecular weight is 280 g/mol. The van der Waals surface area contributed by atoms with Gasteiger partial charge in [-0.25, -0.2) is 9.37 Å². The van der Waals surface area contributed by atoms with E-state index >= 15 is 0 Å². The standard InChI is InChI=1S/C13H17FN4O2/c1-2-3-16-12-10(6-9(14)7-17-12)13(20)18-5-4-15-11(19)8-18/h6-7H,2-5,8H2,1H3,(H,15,19)(H,16,17). The maximum atomic E-state index is 13.3. The van der Waals surface area contributed by atoms with Crippen LogP contribution in [0.5, 0.6) is 0 Å². The van der Waals surface area contributed by atoms with Gasteiger partial charge in [0.25, 0.3) is 5.91 Å². The van der Waals surface area contributed by atoms with Gasteiger partial charge in [0, 0.05) is 19.6 Å². The second-order valence-corrected chi connectivity index (χ2v) is 4.55. The first kappa shape index (κ1) is 14.2. The largest absolute Gasteiger partial charge is 0.369 e. The number of carbonyl (C=O) groups excluding carboxylic acids is 2. The Morgan fingerprint density at radius 1 is 1.60 bits per heavy atom. The van der Waals surface area contributed by atoms with Gasteiger partial charge in [-0.3, -0.25) is 9.59 Å². The number of amides is 2. The highest BCUT2D eigenvalue weighted by Gasteiger charge is 2.25. The van der Waals surface area contributed by atoms with E-state index in [4.69, 9.17) is 0 Å². The summed E-state index contributed by atoms with van der Waals surface area (Å²) in [5, 5.41) is 5.64. The molecule has 7 heteroatoms. The highest BCUT2D eigenvalue weighted by molar-refractivity contribution is 6.00. The van der Waals surface area contributed by atoms with Crippen LogP contribution < -0.4 is 10.6 Å². The van der Waals surface area contributed by atoms with Gasteiger partial charge in [-0.15, -0.1) is 0 Å². The molecule has 1 aliphatic heterocycles. The number of nitrogens with one attached hydrogen (secondary N) is 2. The molecule has 20 heavy (non-hydrogen) atoms. The monoisotopic (exact) mass is 280 g/mol. The van der Waals surface area contributed by atoms with E-state index in [1.165, 1.54) is 4.90 Å². The number of hydrogen-bond donors (Lipinski definition) is 2. The van der Waals surface area contributed by atoms with Crippen LogP contribution in [0.2, 0.25) is 0 Å². The molecule has 6 nitrogen and oxygen atoms in total. The lowest BCUT2D eigenvalue weighted by Gasteiger charge is -2.27. The van der Waals surface area contributed by atoms with Crippen molar-refractivity contribution in [3.63, 3.8) is 0 Å². The molecule has 0 aliphatic carbocycles. The number of carbonyl (C=O) groups is 2. The predicted octanol–water partition coefficient (Wildman–Crippen LogP) is 0.615. The molecule has 1 aliphatic rings. The molecule has 1 aromatic heterocycles. The van der Waals surface area contributed by atoms with E-state index in [1.54, 1.807) is 0 Å². The summed E-state index contributed by atoms with van der Waals surface area (Å²) >= 11 is 0. The molecule has 1 aromatic rings. The molecule has 2 N–H and O–H groups in total. The quantitative estimate of drug-likeness (QED) is 0.847. The van der Waals surface area contributed by atoms with Crippen molar-refractivity contribution in [2.75, 3.05) is 31.5 Å². The third-order valence-corrected chi connectivity index (χ3v) is 2.95. The molecule has 1 fully saturated rings. The summed E-state index contributed by atoms with van der Waals surface area (Å²) < 4.78 is 13.3. The van der Waals surface area contributed by atoms with E-state index in [2.05, 4.69) is 15.6 Å². The minimum absolute atomic E-state index is 0.0113. The zero-order chi connectivity index (χ0) is 14.5. The molecular formula is C13H17FN4O2. The normalized spacial score (nSPS) is 14.9. The summed E-state index contributed by atoms with van der Waals surface area (Å²) in [6.45, 7) is 3.42. The summed E-state index contributed by atoms with van der Waals surface area (Å²) in [6, 6.07) is 1.15. The number of aromatic nitrogens is 1. The number of anilines is 1. The van der Waals surface area contributed by atoms with Crippen molar-refractivity contribution in [2.45, 2.75) is 13.3 Å². The van der Waals surface area contributed by atoms with E-state index in [-0.39, 0.29) is 23.9 Å². The Morgan fingerprint density at radius 3 is 3.10 bits per heavy atom. The number of rotatable bonds is 4. The van der Waals surface area contributed by atoms with Crippen molar-refractivity contribution in [3.8, 4) is 0 Å². The highest BCUT2D eigenvalue weighted by atomic mass is 19.1. The maximum absolute atomic E-state index is 13.3. The van der Waals surface area contributed by atoms with Crippen LogP contribution in [-0.4, -0.2) is 47.9 Å². The summed E-state index contributed by atoms with van der Waals surface area (Å²) in [5.41, 5.74) is 0.160. The van der Waals surface area contributed by atoms with E-state index in [9.17, 15) is 14.0 Å². The first-order chi connectivity index (χ1) is 9.61. The fourth-order valence-electron chi connectivity index (χ4n) is 1.97. The topological polar surface area (TPSA) is 74.3 Å². The number of hydrogen-bond acceptors (Lipinski definition) is 4. The van der Waals surface area contributed by atoms with E-state index in [0.29, 0.717) is 25.5 Å². The Bertz CT molecular complexity index is 521. The van der Waals surface area contributed by atoms with Gasteiger partial charge >= 0.3 is 0 Å². The molecule has 0 unspecified atom stereocenters. The number of pyridine rings is 1. The van der Waals surface area contributed by atoms with Gasteiger partial charge in [0.15, 0.2) is 0 Å². The first-order valence-electron chi connectivity index (χ1n) is 6.57. The minimum Gasteiger partial charge on any atom is -0.369 e. The molecule has 0 bridgehead atoms. The van der Waals surface area contributed by atoms with Gasteiger partial charge in [0.2, 0.25) is 5.91 Å². The van der Waals surface area contributed by atoms with E-state index in [1.807, 2.05) is 6.92 Å². The first-order valence-corrected chi connectivity index (χ1v) is 6.57. The maximum Gasteiger partial charge on any atom is 0.258 e. The zero-order valence-electron chi connectivity index (χ0n) is 11.3. The molecule has 1 saturated heterocycles. The van der Waals surface area contributed by atoms with Crippen molar-refractivity contribution in [3.05, 3.63) is 23.6 Å². The van der Waals surface area contributed by atoms with E-state index < -0.39 is 5.82 Å². The van der Waals surface area contributed by atoms with Crippen LogP contribution in [0.4, 0.5) is 10.2 Å². The number of piperazine rings is 1. The minimum atomic E-state index is -0.572. The van der Waals surface area contributed by atoms with Crippen LogP contribution in [0.15, 0.2) is 12.3 Å². The third-order valence-electron chi connectivity index (χ3n) is 2.95. The van der Waals surface area contributed by atoms with Crippen LogP contribution in [0, 0.1) is 5.82 Å². The number of nitrogens with zero attached hydrogens (tertiary/aromatic N) is 2. The van der Waals surface area contributed by atoms with E-state index in [0.717, 1.165) is 18.7 Å². The molecule has 0 radical (unpaired) electrons. The van der Waals surface area contributed by atoms with Gasteiger partial charge in [-0.1, -0.05) is 6.92 Å². The van der Waals surface area contributed by atoms with Gasteiger partial charge in [0.1, 0.15) is 11.6 Å². The lowest BCUT2D eigenvalue weighted by molar-refractivity contribution is -0.123. The van der Waals surface area contributed by atoms with Crippen molar-refractivity contribution >= 4 is 17.6 Å². The van der Waals surface area contributed by atoms with Crippen molar-refractivity contribution in [2.24, 2.45) is 0 Å². The van der Waals surface area contributed by atoms with Crippen LogP contribution in [0.1, 0.15) is 23.7 Å². The van der Waals surface area contributed by atoms with Crippen LogP contribution in [-0.2, 0) is 4.79 Å². The SMILES string of the molecule is CCCNc1ncc(F)cc1C(=O)N1CCNC(=O)C1. The second-order valence-electron chi connectivity index (χ2n) is 4.55. The molecule has 0 atom stereocenters. The van der Waals surface area contributed by atoms with Gasteiger partial charge < -0.3 is 15.5 Å². The predicted molar refractivity (Wildman–Crippen MR) is 71.9 cm³/mol. The molecule has 2 amide bonds. The Morgan fingerprint density at radius 2 is 2.40 bits per heavy atom. The fourth-order valence-corrected chi connectivity index (χ4v) is 1.97. The van der Waals surface area contributed by atoms with Crippen LogP contribution >= 0.6 is 0 Å². The lowest BCUT2D eigenvalue weighted by atomic mass is 10.2. The van der Waals surface area contributed by atoms with Gasteiger partial charge in [-0.2, -0.15) is 0 Å². The summed E-state index contributed by atoms with van der Waals surface area (Å²) in [7, 11) is 0. The highest BCUT2D eigenvalue weighted by Crippen LogP contribution is 2.16. The van der Waals surface area contributed by atoms with Gasteiger partial charge in [-0.05, 0) is 12.5 Å². The summed E-state index contributed by atoms with van der Waals surface area (Å²) in [5.74, 6) is -0.816. The Hall–Kier alpha value is -2.18. The third kappa shape index (κ3) is 3.23. The Labute approximate surface area is 116 Å². The second kappa shape index (κ2) is 6.31. The Kier molecular flexibility index (Phi) is 4.49.